The van der Waals surface area contributed by atoms with Crippen molar-refractivity contribution >= 4 is 11.8 Å². The molecule has 0 heterocycles. The quantitative estimate of drug-likeness (QED) is 0.794. The van der Waals surface area contributed by atoms with Crippen molar-refractivity contribution in [2.24, 2.45) is 17.6 Å². The summed E-state index contributed by atoms with van der Waals surface area (Å²) >= 11 is 0. The van der Waals surface area contributed by atoms with Gasteiger partial charge in [-0.1, -0.05) is 13.3 Å². The second-order valence-electron chi connectivity index (χ2n) is 5.83. The summed E-state index contributed by atoms with van der Waals surface area (Å²) in [4.78, 5) is 26.2. The number of hydrogen-bond acceptors (Lipinski definition) is 3. The van der Waals surface area contributed by atoms with E-state index in [2.05, 4.69) is 12.2 Å². The number of carbonyl (C=O) groups excluding carboxylic acids is 2. The van der Waals surface area contributed by atoms with E-state index in [4.69, 9.17) is 5.73 Å². The number of rotatable bonds is 5. The van der Waals surface area contributed by atoms with Gasteiger partial charge in [-0.15, -0.1) is 0 Å². The van der Waals surface area contributed by atoms with Crippen LogP contribution in [0.3, 0.4) is 0 Å². The van der Waals surface area contributed by atoms with Crippen LogP contribution in [0.25, 0.3) is 0 Å². The molecule has 5 nitrogen and oxygen atoms in total. The molecule has 20 heavy (non-hydrogen) atoms. The van der Waals surface area contributed by atoms with Crippen molar-refractivity contribution in [1.82, 2.24) is 10.2 Å². The van der Waals surface area contributed by atoms with Crippen molar-refractivity contribution in [3.05, 3.63) is 0 Å². The van der Waals surface area contributed by atoms with E-state index >= 15 is 0 Å². The first-order valence-corrected chi connectivity index (χ1v) is 7.77. The van der Waals surface area contributed by atoms with Gasteiger partial charge in [0.1, 0.15) is 6.04 Å². The molecule has 0 radical (unpaired) electrons. The van der Waals surface area contributed by atoms with Gasteiger partial charge in [0.15, 0.2) is 0 Å². The molecule has 116 valence electrons. The highest BCUT2D eigenvalue weighted by molar-refractivity contribution is 5.88. The summed E-state index contributed by atoms with van der Waals surface area (Å²) in [5.41, 5.74) is 6.13. The van der Waals surface area contributed by atoms with Crippen molar-refractivity contribution in [2.45, 2.75) is 59.0 Å². The van der Waals surface area contributed by atoms with Gasteiger partial charge in [0.05, 0.1) is 5.92 Å². The number of likely N-dealkylation sites (N-methyl/N-ethyl adjacent to an activating group) is 1. The summed E-state index contributed by atoms with van der Waals surface area (Å²) in [6.45, 7) is 9.04. The Balaban J connectivity index is 2.58. The first kappa shape index (κ1) is 17.0. The van der Waals surface area contributed by atoms with Gasteiger partial charge in [0.2, 0.25) is 11.8 Å². The molecule has 2 amide bonds. The number of amides is 2. The van der Waals surface area contributed by atoms with Crippen LogP contribution in [-0.4, -0.2) is 41.9 Å². The van der Waals surface area contributed by atoms with E-state index in [0.717, 1.165) is 19.3 Å². The summed E-state index contributed by atoms with van der Waals surface area (Å²) < 4.78 is 0. The van der Waals surface area contributed by atoms with E-state index in [1.54, 1.807) is 11.8 Å². The number of hydrogen-bond donors (Lipinski definition) is 2. The van der Waals surface area contributed by atoms with Gasteiger partial charge in [-0.05, 0) is 39.5 Å². The average Bonchev–Trinajstić information content (AvgIpc) is 2.42. The van der Waals surface area contributed by atoms with Crippen LogP contribution in [0, 0.1) is 11.8 Å². The number of nitrogens with zero attached hydrogens (tertiary/aromatic N) is 1. The summed E-state index contributed by atoms with van der Waals surface area (Å²) in [5, 5.41) is 2.84. The highest BCUT2D eigenvalue weighted by Gasteiger charge is 2.34. The number of nitrogens with two attached hydrogens (primary N) is 1. The molecule has 1 aliphatic rings. The van der Waals surface area contributed by atoms with Crippen molar-refractivity contribution in [2.75, 3.05) is 13.1 Å². The second kappa shape index (κ2) is 7.62. The lowest BCUT2D eigenvalue weighted by Gasteiger charge is -2.33. The maximum absolute atomic E-state index is 12.3. The molecular weight excluding hydrogens is 254 g/mol. The first-order valence-electron chi connectivity index (χ1n) is 7.77. The fourth-order valence-corrected chi connectivity index (χ4v) is 2.94. The van der Waals surface area contributed by atoms with Crippen LogP contribution in [0.1, 0.15) is 47.0 Å². The normalized spacial score (nSPS) is 27.8. The van der Waals surface area contributed by atoms with Crippen LogP contribution in [-0.2, 0) is 9.59 Å². The minimum atomic E-state index is -0.480. The Kier molecular flexibility index (Phi) is 6.46. The van der Waals surface area contributed by atoms with Crippen LogP contribution < -0.4 is 11.1 Å². The Morgan fingerprint density at radius 3 is 2.45 bits per heavy atom. The maximum atomic E-state index is 12.3. The molecule has 1 saturated carbocycles. The molecule has 0 aromatic carbocycles. The lowest BCUT2D eigenvalue weighted by Crippen LogP contribution is -2.53. The van der Waals surface area contributed by atoms with E-state index in [9.17, 15) is 9.59 Å². The highest BCUT2D eigenvalue weighted by atomic mass is 16.2. The van der Waals surface area contributed by atoms with Gasteiger partial charge >= 0.3 is 0 Å². The van der Waals surface area contributed by atoms with Crippen LogP contribution in [0.15, 0.2) is 0 Å². The Bertz CT molecular complexity index is 342. The second-order valence-corrected chi connectivity index (χ2v) is 5.83. The maximum Gasteiger partial charge on any atom is 0.244 e. The highest BCUT2D eigenvalue weighted by Crippen LogP contribution is 2.27. The fraction of sp³-hybridized carbons (Fsp3) is 0.867. The molecule has 4 atom stereocenters. The SMILES string of the molecule is CCN(CC)C(=O)C(C)NC(=O)C1CCCC(C)C1N. The lowest BCUT2D eigenvalue weighted by atomic mass is 9.78. The minimum Gasteiger partial charge on any atom is -0.344 e. The lowest BCUT2D eigenvalue weighted by molar-refractivity contribution is -0.137. The molecule has 0 bridgehead atoms. The van der Waals surface area contributed by atoms with Crippen LogP contribution in [0.4, 0.5) is 0 Å². The molecule has 0 aliphatic heterocycles. The summed E-state index contributed by atoms with van der Waals surface area (Å²) in [6, 6.07) is -0.577. The topological polar surface area (TPSA) is 75.4 Å². The first-order chi connectivity index (χ1) is 9.42. The molecular formula is C15H29N3O2. The molecule has 0 saturated heterocycles. The predicted molar refractivity (Wildman–Crippen MR) is 80.0 cm³/mol. The zero-order valence-electron chi connectivity index (χ0n) is 13.2. The van der Waals surface area contributed by atoms with Crippen molar-refractivity contribution in [1.29, 1.82) is 0 Å². The summed E-state index contributed by atoms with van der Waals surface area (Å²) in [6.07, 6.45) is 2.94. The van der Waals surface area contributed by atoms with Gasteiger partial charge in [-0.2, -0.15) is 0 Å². The summed E-state index contributed by atoms with van der Waals surface area (Å²) in [5.74, 6) is 0.108. The third-order valence-corrected chi connectivity index (χ3v) is 4.44. The molecule has 5 heteroatoms. The fourth-order valence-electron chi connectivity index (χ4n) is 2.94. The van der Waals surface area contributed by atoms with E-state index in [1.807, 2.05) is 13.8 Å². The largest absolute Gasteiger partial charge is 0.344 e. The Morgan fingerprint density at radius 2 is 1.90 bits per heavy atom. The standard InChI is InChI=1S/C15H29N3O2/c1-5-18(6-2)15(20)11(4)17-14(19)12-9-7-8-10(3)13(12)16/h10-13H,5-9,16H2,1-4H3,(H,17,19). The van der Waals surface area contributed by atoms with Gasteiger partial charge in [-0.25, -0.2) is 0 Å². The van der Waals surface area contributed by atoms with E-state index in [-0.39, 0.29) is 23.8 Å². The predicted octanol–water partition coefficient (Wildman–Crippen LogP) is 1.12. The number of carbonyl (C=O) groups is 2. The molecule has 1 fully saturated rings. The van der Waals surface area contributed by atoms with Gasteiger partial charge in [0, 0.05) is 19.1 Å². The van der Waals surface area contributed by atoms with Crippen LogP contribution in [0.2, 0.25) is 0 Å². The van der Waals surface area contributed by atoms with E-state index in [1.165, 1.54) is 0 Å². The molecule has 1 aliphatic carbocycles. The van der Waals surface area contributed by atoms with Gasteiger partial charge in [-0.3, -0.25) is 9.59 Å². The molecule has 0 aromatic rings. The molecule has 4 unspecified atom stereocenters. The minimum absolute atomic E-state index is 0.0271. The molecule has 1 rings (SSSR count). The van der Waals surface area contributed by atoms with Crippen LogP contribution in [0.5, 0.6) is 0 Å². The number of nitrogens with one attached hydrogen (secondary N) is 1. The smallest absolute Gasteiger partial charge is 0.244 e. The Hall–Kier alpha value is -1.10. The van der Waals surface area contributed by atoms with Crippen molar-refractivity contribution < 1.29 is 9.59 Å². The zero-order chi connectivity index (χ0) is 15.3. The average molecular weight is 283 g/mol. The van der Waals surface area contributed by atoms with Gasteiger partial charge < -0.3 is 16.0 Å². The molecule has 3 N–H and O–H groups in total. The molecule has 0 aromatic heterocycles. The third kappa shape index (κ3) is 3.95. The van der Waals surface area contributed by atoms with Crippen molar-refractivity contribution in [3.63, 3.8) is 0 Å². The molecule has 0 spiro atoms. The van der Waals surface area contributed by atoms with Crippen LogP contribution >= 0.6 is 0 Å². The summed E-state index contributed by atoms with van der Waals surface area (Å²) in [7, 11) is 0. The monoisotopic (exact) mass is 283 g/mol. The van der Waals surface area contributed by atoms with E-state index in [0.29, 0.717) is 19.0 Å². The van der Waals surface area contributed by atoms with Crippen molar-refractivity contribution in [3.8, 4) is 0 Å². The van der Waals surface area contributed by atoms with Gasteiger partial charge in [0.25, 0.3) is 0 Å². The zero-order valence-corrected chi connectivity index (χ0v) is 13.2. The van der Waals surface area contributed by atoms with E-state index < -0.39 is 6.04 Å². The Morgan fingerprint density at radius 1 is 1.30 bits per heavy atom. The Labute approximate surface area is 122 Å². The third-order valence-electron chi connectivity index (χ3n) is 4.44.